The number of nitrogens with zero attached hydrogens (tertiary/aromatic N) is 3. The standard InChI is InChI=1S/C30H27F4N5O4/c31-21-8-6-9-22(20(21)16-26(40)41)35-28(42)18-11-12-25(38-13-4-1-5-14-38)23(15-18)36-29(43)27-19-7-2-3-10-24(19)39(37-27)17-30(32,33)34/h2-3,6-12,15H,1,4-5,13-14,16-17H2,(H,35,42)(H,36,43)(H,40,41). The molecular formula is C30H27F4N5O4. The van der Waals surface area contributed by atoms with Crippen molar-refractivity contribution in [1.82, 2.24) is 9.78 Å². The monoisotopic (exact) mass is 597 g/mol. The van der Waals surface area contributed by atoms with Crippen molar-refractivity contribution in [1.29, 1.82) is 0 Å². The first kappa shape index (κ1) is 29.5. The van der Waals surface area contributed by atoms with Crippen LogP contribution in [0.5, 0.6) is 0 Å². The number of benzene rings is 3. The lowest BCUT2D eigenvalue weighted by Crippen LogP contribution is -2.30. The third-order valence-electron chi connectivity index (χ3n) is 7.10. The van der Waals surface area contributed by atoms with Gasteiger partial charge in [-0.15, -0.1) is 0 Å². The highest BCUT2D eigenvalue weighted by atomic mass is 19.4. The maximum atomic E-state index is 14.4. The number of hydrogen-bond donors (Lipinski definition) is 3. The zero-order valence-electron chi connectivity index (χ0n) is 22.7. The predicted octanol–water partition coefficient (Wildman–Crippen LogP) is 5.86. The Morgan fingerprint density at radius 2 is 1.60 bits per heavy atom. The smallest absolute Gasteiger partial charge is 0.408 e. The lowest BCUT2D eigenvalue weighted by atomic mass is 10.1. The van der Waals surface area contributed by atoms with E-state index in [1.54, 1.807) is 18.2 Å². The molecule has 0 aliphatic carbocycles. The fourth-order valence-corrected chi connectivity index (χ4v) is 5.16. The first-order chi connectivity index (χ1) is 20.5. The molecule has 0 radical (unpaired) electrons. The second-order valence-electron chi connectivity index (χ2n) is 10.2. The van der Waals surface area contributed by atoms with E-state index in [0.717, 1.165) is 30.0 Å². The zero-order valence-corrected chi connectivity index (χ0v) is 22.7. The molecule has 2 heterocycles. The average Bonchev–Trinajstić information content (AvgIpc) is 3.32. The second-order valence-corrected chi connectivity index (χ2v) is 10.2. The van der Waals surface area contributed by atoms with E-state index >= 15 is 0 Å². The van der Waals surface area contributed by atoms with Gasteiger partial charge in [0.05, 0.1) is 23.3 Å². The normalized spacial score (nSPS) is 13.6. The number of carboxylic acid groups (broad SMARTS) is 1. The van der Waals surface area contributed by atoms with Gasteiger partial charge in [0, 0.05) is 35.3 Å². The van der Waals surface area contributed by atoms with Crippen LogP contribution in [0.25, 0.3) is 10.9 Å². The van der Waals surface area contributed by atoms with Crippen LogP contribution in [-0.4, -0.2) is 51.9 Å². The van der Waals surface area contributed by atoms with E-state index in [2.05, 4.69) is 15.7 Å². The number of aliphatic carboxylic acids is 1. The van der Waals surface area contributed by atoms with E-state index in [1.807, 2.05) is 4.90 Å². The Morgan fingerprint density at radius 1 is 0.884 bits per heavy atom. The summed E-state index contributed by atoms with van der Waals surface area (Å²) >= 11 is 0. The van der Waals surface area contributed by atoms with E-state index < -0.39 is 42.7 Å². The van der Waals surface area contributed by atoms with Crippen molar-refractivity contribution in [2.75, 3.05) is 28.6 Å². The number of piperidine rings is 1. The van der Waals surface area contributed by atoms with Crippen LogP contribution >= 0.6 is 0 Å². The van der Waals surface area contributed by atoms with E-state index in [-0.39, 0.29) is 39.1 Å². The Labute approximate surface area is 243 Å². The van der Waals surface area contributed by atoms with E-state index in [1.165, 1.54) is 36.4 Å². The number of anilines is 3. The maximum absolute atomic E-state index is 14.4. The largest absolute Gasteiger partial charge is 0.481 e. The number of para-hydroxylation sites is 1. The molecule has 0 atom stereocenters. The lowest BCUT2D eigenvalue weighted by Gasteiger charge is -2.30. The molecule has 1 saturated heterocycles. The van der Waals surface area contributed by atoms with Crippen LogP contribution in [-0.2, 0) is 17.8 Å². The minimum absolute atomic E-state index is 0.0141. The van der Waals surface area contributed by atoms with Crippen molar-refractivity contribution in [3.63, 3.8) is 0 Å². The van der Waals surface area contributed by atoms with Gasteiger partial charge >= 0.3 is 12.1 Å². The molecular weight excluding hydrogens is 570 g/mol. The zero-order chi connectivity index (χ0) is 30.7. The summed E-state index contributed by atoms with van der Waals surface area (Å²) in [6.07, 6.45) is -2.35. The van der Waals surface area contributed by atoms with Crippen LogP contribution in [0.3, 0.4) is 0 Å². The van der Waals surface area contributed by atoms with Gasteiger partial charge in [-0.1, -0.05) is 24.3 Å². The van der Waals surface area contributed by atoms with Gasteiger partial charge in [-0.3, -0.25) is 19.1 Å². The van der Waals surface area contributed by atoms with Crippen molar-refractivity contribution in [3.05, 3.63) is 83.3 Å². The van der Waals surface area contributed by atoms with Gasteiger partial charge in [0.1, 0.15) is 12.4 Å². The second kappa shape index (κ2) is 12.1. The number of carbonyl (C=O) groups is 3. The number of carboxylic acids is 1. The highest BCUT2D eigenvalue weighted by molar-refractivity contribution is 6.13. The summed E-state index contributed by atoms with van der Waals surface area (Å²) in [5.74, 6) is -3.51. The fraction of sp³-hybridized carbons (Fsp3) is 0.267. The number of rotatable bonds is 8. The van der Waals surface area contributed by atoms with Gasteiger partial charge in [-0.25, -0.2) is 4.39 Å². The van der Waals surface area contributed by atoms with Crippen LogP contribution in [0.15, 0.2) is 60.7 Å². The number of carbonyl (C=O) groups excluding carboxylic acids is 2. The van der Waals surface area contributed by atoms with Crippen molar-refractivity contribution in [3.8, 4) is 0 Å². The highest BCUT2D eigenvalue weighted by Gasteiger charge is 2.31. The quantitative estimate of drug-likeness (QED) is 0.219. The molecule has 0 unspecified atom stereocenters. The van der Waals surface area contributed by atoms with Gasteiger partial charge in [-0.05, 0) is 55.7 Å². The molecule has 0 saturated carbocycles. The van der Waals surface area contributed by atoms with Crippen LogP contribution in [0.4, 0.5) is 34.6 Å². The van der Waals surface area contributed by atoms with Crippen molar-refractivity contribution < 1.29 is 37.1 Å². The molecule has 1 aliphatic rings. The van der Waals surface area contributed by atoms with E-state index in [0.29, 0.717) is 18.8 Å². The maximum Gasteiger partial charge on any atom is 0.408 e. The molecule has 1 aromatic heterocycles. The molecule has 4 aromatic rings. The molecule has 43 heavy (non-hydrogen) atoms. The summed E-state index contributed by atoms with van der Waals surface area (Å²) in [5, 5.41) is 18.7. The Balaban J connectivity index is 1.49. The van der Waals surface area contributed by atoms with Crippen LogP contribution in [0, 0.1) is 5.82 Å². The first-order valence-electron chi connectivity index (χ1n) is 13.5. The highest BCUT2D eigenvalue weighted by Crippen LogP contribution is 2.32. The van der Waals surface area contributed by atoms with Crippen molar-refractivity contribution in [2.45, 2.75) is 38.4 Å². The van der Waals surface area contributed by atoms with Gasteiger partial charge in [0.25, 0.3) is 11.8 Å². The first-order valence-corrected chi connectivity index (χ1v) is 13.5. The number of aromatic nitrogens is 2. The molecule has 1 fully saturated rings. The number of hydrogen-bond acceptors (Lipinski definition) is 5. The van der Waals surface area contributed by atoms with E-state index in [4.69, 9.17) is 0 Å². The molecule has 0 bridgehead atoms. The summed E-state index contributed by atoms with van der Waals surface area (Å²) < 4.78 is 54.7. The molecule has 2 amide bonds. The average molecular weight is 598 g/mol. The predicted molar refractivity (Wildman–Crippen MR) is 152 cm³/mol. The number of halogens is 4. The SMILES string of the molecule is O=C(O)Cc1c(F)cccc1NC(=O)c1ccc(N2CCCCC2)c(NC(=O)c2nn(CC(F)(F)F)c3ccccc23)c1. The number of amides is 2. The summed E-state index contributed by atoms with van der Waals surface area (Å²) in [7, 11) is 0. The molecule has 1 aliphatic heterocycles. The van der Waals surface area contributed by atoms with Gasteiger partial charge in [-0.2, -0.15) is 18.3 Å². The Hall–Kier alpha value is -4.94. The molecule has 9 nitrogen and oxygen atoms in total. The summed E-state index contributed by atoms with van der Waals surface area (Å²) in [5.41, 5.74) is 0.649. The minimum atomic E-state index is -4.56. The van der Waals surface area contributed by atoms with E-state index in [9.17, 15) is 37.1 Å². The third-order valence-corrected chi connectivity index (χ3v) is 7.10. The molecule has 3 aromatic carbocycles. The minimum Gasteiger partial charge on any atom is -0.481 e. The van der Waals surface area contributed by atoms with Crippen molar-refractivity contribution in [2.24, 2.45) is 0 Å². The third kappa shape index (κ3) is 6.76. The number of nitrogens with one attached hydrogen (secondary N) is 2. The van der Waals surface area contributed by atoms with Crippen LogP contribution in [0.2, 0.25) is 0 Å². The topological polar surface area (TPSA) is 117 Å². The van der Waals surface area contributed by atoms with Crippen molar-refractivity contribution >= 4 is 45.7 Å². The Morgan fingerprint density at radius 3 is 2.33 bits per heavy atom. The molecule has 5 rings (SSSR count). The number of alkyl halides is 3. The molecule has 0 spiro atoms. The van der Waals surface area contributed by atoms with Gasteiger partial charge in [0.2, 0.25) is 0 Å². The van der Waals surface area contributed by atoms with Gasteiger partial charge < -0.3 is 20.6 Å². The van der Waals surface area contributed by atoms with Gasteiger partial charge in [0.15, 0.2) is 5.69 Å². The Kier molecular flexibility index (Phi) is 8.33. The fourth-order valence-electron chi connectivity index (χ4n) is 5.16. The molecule has 3 N–H and O–H groups in total. The summed E-state index contributed by atoms with van der Waals surface area (Å²) in [4.78, 5) is 40.0. The summed E-state index contributed by atoms with van der Waals surface area (Å²) in [6.45, 7) is 0.0121. The molecule has 224 valence electrons. The Bertz CT molecular complexity index is 1700. The molecule has 13 heteroatoms. The number of fused-ring (bicyclic) bond motifs is 1. The van der Waals surface area contributed by atoms with Crippen LogP contribution in [0.1, 0.15) is 45.7 Å². The summed E-state index contributed by atoms with van der Waals surface area (Å²) in [6, 6.07) is 14.5. The van der Waals surface area contributed by atoms with Crippen LogP contribution < -0.4 is 15.5 Å². The lowest BCUT2D eigenvalue weighted by molar-refractivity contribution is -0.142.